The molecule has 1 aromatic rings. The number of benzene rings is 1. The van der Waals surface area contributed by atoms with Crippen molar-refractivity contribution < 1.29 is 5.11 Å². The van der Waals surface area contributed by atoms with Crippen LogP contribution in [0, 0.1) is 11.8 Å². The van der Waals surface area contributed by atoms with Crippen molar-refractivity contribution in [2.75, 3.05) is 6.61 Å². The Bertz CT molecular complexity index is 311. The molecule has 0 heterocycles. The smallest absolute Gasteiger partial charge is 0.0462 e. The molecule has 17 heavy (non-hydrogen) atoms. The van der Waals surface area contributed by atoms with Gasteiger partial charge in [0.05, 0.1) is 0 Å². The fraction of sp³-hybridized carbons (Fsp3) is 0.625. The second-order valence-electron chi connectivity index (χ2n) is 5.78. The minimum atomic E-state index is 0.296. The summed E-state index contributed by atoms with van der Waals surface area (Å²) in [6.07, 6.45) is 2.09. The van der Waals surface area contributed by atoms with Gasteiger partial charge in [-0.15, -0.1) is 0 Å². The highest BCUT2D eigenvalue weighted by Crippen LogP contribution is 2.19. The number of aliphatic hydroxyl groups is 1. The first-order chi connectivity index (χ1) is 8.02. The van der Waals surface area contributed by atoms with Crippen LogP contribution in [0.1, 0.15) is 51.2 Å². The molecule has 0 aliphatic heterocycles. The van der Waals surface area contributed by atoms with Crippen LogP contribution in [0.15, 0.2) is 24.3 Å². The molecule has 0 radical (unpaired) electrons. The summed E-state index contributed by atoms with van der Waals surface area (Å²) in [6, 6.07) is 8.84. The fourth-order valence-electron chi connectivity index (χ4n) is 2.26. The van der Waals surface area contributed by atoms with Gasteiger partial charge < -0.3 is 5.11 Å². The second-order valence-corrected chi connectivity index (χ2v) is 5.78. The van der Waals surface area contributed by atoms with E-state index in [1.807, 2.05) is 0 Å². The van der Waals surface area contributed by atoms with Gasteiger partial charge in [-0.2, -0.15) is 0 Å². The molecule has 1 aromatic carbocycles. The summed E-state index contributed by atoms with van der Waals surface area (Å²) in [6.45, 7) is 9.15. The van der Waals surface area contributed by atoms with Crippen LogP contribution in [0.4, 0.5) is 0 Å². The van der Waals surface area contributed by atoms with E-state index in [0.29, 0.717) is 24.4 Å². The Morgan fingerprint density at radius 3 is 2.00 bits per heavy atom. The van der Waals surface area contributed by atoms with Gasteiger partial charge in [0, 0.05) is 6.61 Å². The molecule has 96 valence electrons. The standard InChI is InChI=1S/C16H26O/c1-12(2)9-15(11-17)10-14-5-7-16(8-6-14)13(3)4/h5-8,12-13,15,17H,9-11H2,1-4H3. The predicted octanol–water partition coefficient (Wildman–Crippen LogP) is 4.01. The predicted molar refractivity (Wildman–Crippen MR) is 74.3 cm³/mol. The van der Waals surface area contributed by atoms with Gasteiger partial charge in [-0.3, -0.25) is 0 Å². The summed E-state index contributed by atoms with van der Waals surface area (Å²) in [7, 11) is 0. The molecule has 0 spiro atoms. The molecule has 1 N–H and O–H groups in total. The Labute approximate surface area is 106 Å². The van der Waals surface area contributed by atoms with E-state index in [1.165, 1.54) is 11.1 Å². The number of hydrogen-bond donors (Lipinski definition) is 1. The first-order valence-electron chi connectivity index (χ1n) is 6.72. The van der Waals surface area contributed by atoms with Crippen molar-refractivity contribution in [2.45, 2.75) is 46.5 Å². The third-order valence-corrected chi connectivity index (χ3v) is 3.23. The van der Waals surface area contributed by atoms with E-state index in [2.05, 4.69) is 52.0 Å². The highest BCUT2D eigenvalue weighted by Gasteiger charge is 2.10. The van der Waals surface area contributed by atoms with Crippen LogP contribution < -0.4 is 0 Å². The summed E-state index contributed by atoms with van der Waals surface area (Å²) in [4.78, 5) is 0. The molecule has 0 aliphatic rings. The number of rotatable bonds is 6. The Balaban J connectivity index is 2.61. The molecule has 0 amide bonds. The van der Waals surface area contributed by atoms with Crippen LogP contribution in [0.25, 0.3) is 0 Å². The first kappa shape index (κ1) is 14.2. The number of hydrogen-bond acceptors (Lipinski definition) is 1. The van der Waals surface area contributed by atoms with Crippen molar-refractivity contribution in [2.24, 2.45) is 11.8 Å². The van der Waals surface area contributed by atoms with Crippen molar-refractivity contribution in [1.29, 1.82) is 0 Å². The third kappa shape index (κ3) is 4.91. The van der Waals surface area contributed by atoms with Crippen LogP contribution >= 0.6 is 0 Å². The van der Waals surface area contributed by atoms with Crippen molar-refractivity contribution in [3.63, 3.8) is 0 Å². The molecule has 1 unspecified atom stereocenters. The minimum Gasteiger partial charge on any atom is -0.396 e. The largest absolute Gasteiger partial charge is 0.396 e. The van der Waals surface area contributed by atoms with Crippen molar-refractivity contribution in [1.82, 2.24) is 0 Å². The van der Waals surface area contributed by atoms with Gasteiger partial charge in [-0.1, -0.05) is 52.0 Å². The van der Waals surface area contributed by atoms with Crippen molar-refractivity contribution in [3.8, 4) is 0 Å². The summed E-state index contributed by atoms with van der Waals surface area (Å²) in [5.41, 5.74) is 2.73. The lowest BCUT2D eigenvalue weighted by atomic mass is 9.91. The van der Waals surface area contributed by atoms with Gasteiger partial charge >= 0.3 is 0 Å². The van der Waals surface area contributed by atoms with E-state index in [4.69, 9.17) is 0 Å². The summed E-state index contributed by atoms with van der Waals surface area (Å²) < 4.78 is 0. The zero-order valence-electron chi connectivity index (χ0n) is 11.6. The van der Waals surface area contributed by atoms with E-state index in [-0.39, 0.29) is 0 Å². The minimum absolute atomic E-state index is 0.296. The highest BCUT2D eigenvalue weighted by atomic mass is 16.3. The van der Waals surface area contributed by atoms with E-state index in [1.54, 1.807) is 0 Å². The maximum atomic E-state index is 9.38. The lowest BCUT2D eigenvalue weighted by Gasteiger charge is -2.17. The van der Waals surface area contributed by atoms with Gasteiger partial charge in [0.15, 0.2) is 0 Å². The second kappa shape index (κ2) is 6.80. The van der Waals surface area contributed by atoms with Gasteiger partial charge in [-0.25, -0.2) is 0 Å². The molecule has 0 saturated carbocycles. The number of aliphatic hydroxyl groups excluding tert-OH is 1. The zero-order chi connectivity index (χ0) is 12.8. The molecular formula is C16H26O. The first-order valence-corrected chi connectivity index (χ1v) is 6.72. The maximum Gasteiger partial charge on any atom is 0.0462 e. The average Bonchev–Trinajstić information content (AvgIpc) is 2.28. The van der Waals surface area contributed by atoms with Crippen LogP contribution in [-0.2, 0) is 6.42 Å². The molecule has 1 heteroatoms. The molecule has 0 bridgehead atoms. The lowest BCUT2D eigenvalue weighted by Crippen LogP contribution is -2.12. The van der Waals surface area contributed by atoms with Crippen LogP contribution in [0.2, 0.25) is 0 Å². The molecule has 1 rings (SSSR count). The third-order valence-electron chi connectivity index (χ3n) is 3.23. The van der Waals surface area contributed by atoms with Gasteiger partial charge in [-0.05, 0) is 41.7 Å². The summed E-state index contributed by atoms with van der Waals surface area (Å²) in [5, 5.41) is 9.38. The molecule has 0 saturated heterocycles. The molecule has 1 atom stereocenters. The summed E-state index contributed by atoms with van der Waals surface area (Å²) >= 11 is 0. The SMILES string of the molecule is CC(C)CC(CO)Cc1ccc(C(C)C)cc1. The normalized spacial score (nSPS) is 13.4. The molecule has 0 aliphatic carbocycles. The molecular weight excluding hydrogens is 208 g/mol. The molecule has 0 fully saturated rings. The Kier molecular flexibility index (Phi) is 5.70. The maximum absolute atomic E-state index is 9.38. The molecule has 0 aromatic heterocycles. The Hall–Kier alpha value is -0.820. The van der Waals surface area contributed by atoms with E-state index in [9.17, 15) is 5.11 Å². The average molecular weight is 234 g/mol. The topological polar surface area (TPSA) is 20.2 Å². The Morgan fingerprint density at radius 2 is 1.59 bits per heavy atom. The van der Waals surface area contributed by atoms with E-state index in [0.717, 1.165) is 12.8 Å². The Morgan fingerprint density at radius 1 is 1.00 bits per heavy atom. The zero-order valence-corrected chi connectivity index (χ0v) is 11.6. The van der Waals surface area contributed by atoms with Crippen molar-refractivity contribution in [3.05, 3.63) is 35.4 Å². The van der Waals surface area contributed by atoms with Gasteiger partial charge in [0.25, 0.3) is 0 Å². The quantitative estimate of drug-likeness (QED) is 0.788. The van der Waals surface area contributed by atoms with Crippen LogP contribution in [-0.4, -0.2) is 11.7 Å². The lowest BCUT2D eigenvalue weighted by molar-refractivity contribution is 0.205. The van der Waals surface area contributed by atoms with E-state index < -0.39 is 0 Å². The highest BCUT2D eigenvalue weighted by molar-refractivity contribution is 5.25. The van der Waals surface area contributed by atoms with Crippen LogP contribution in [0.5, 0.6) is 0 Å². The van der Waals surface area contributed by atoms with E-state index >= 15 is 0 Å². The van der Waals surface area contributed by atoms with Crippen molar-refractivity contribution >= 4 is 0 Å². The van der Waals surface area contributed by atoms with Gasteiger partial charge in [0.2, 0.25) is 0 Å². The fourth-order valence-corrected chi connectivity index (χ4v) is 2.26. The monoisotopic (exact) mass is 234 g/mol. The van der Waals surface area contributed by atoms with Gasteiger partial charge in [0.1, 0.15) is 0 Å². The molecule has 1 nitrogen and oxygen atoms in total. The van der Waals surface area contributed by atoms with Crippen LogP contribution in [0.3, 0.4) is 0 Å². The summed E-state index contributed by atoms with van der Waals surface area (Å²) in [5.74, 6) is 1.65.